The van der Waals surface area contributed by atoms with Crippen LogP contribution in [0.15, 0.2) is 24.4 Å². The van der Waals surface area contributed by atoms with Crippen molar-refractivity contribution in [3.8, 4) is 0 Å². The van der Waals surface area contributed by atoms with Crippen LogP contribution < -0.4 is 4.90 Å². The van der Waals surface area contributed by atoms with Gasteiger partial charge in [-0.15, -0.1) is 0 Å². The second-order valence-corrected chi connectivity index (χ2v) is 9.33. The van der Waals surface area contributed by atoms with Crippen LogP contribution in [-0.4, -0.2) is 75.0 Å². The second kappa shape index (κ2) is 6.57. The highest BCUT2D eigenvalue weighted by Crippen LogP contribution is 2.45. The van der Waals surface area contributed by atoms with Crippen LogP contribution in [0, 0.1) is 11.3 Å². The van der Waals surface area contributed by atoms with Crippen LogP contribution in [0.4, 0.5) is 5.82 Å². The minimum atomic E-state index is -3.27. The van der Waals surface area contributed by atoms with E-state index in [1.165, 1.54) is 10.6 Å². The van der Waals surface area contributed by atoms with Gasteiger partial charge < -0.3 is 9.80 Å². The first-order chi connectivity index (χ1) is 11.7. The van der Waals surface area contributed by atoms with Crippen LogP contribution in [-0.2, 0) is 14.8 Å². The minimum absolute atomic E-state index is 0.0402. The van der Waals surface area contributed by atoms with Crippen LogP contribution in [0.3, 0.4) is 0 Å². The number of hydrogen-bond acceptors (Lipinski definition) is 5. The van der Waals surface area contributed by atoms with Gasteiger partial charge in [-0.05, 0) is 25.0 Å². The summed E-state index contributed by atoms with van der Waals surface area (Å²) in [5.41, 5.74) is -0.555. The summed E-state index contributed by atoms with van der Waals surface area (Å²) in [6, 6.07) is 5.73. The van der Waals surface area contributed by atoms with Gasteiger partial charge in [0.05, 0.1) is 11.7 Å². The first kappa shape index (κ1) is 18.1. The number of aromatic nitrogens is 1. The van der Waals surface area contributed by atoms with E-state index < -0.39 is 15.4 Å². The van der Waals surface area contributed by atoms with Crippen molar-refractivity contribution in [2.45, 2.75) is 12.8 Å². The highest BCUT2D eigenvalue weighted by molar-refractivity contribution is 7.88. The second-order valence-electron chi connectivity index (χ2n) is 7.35. The number of pyridine rings is 1. The molecule has 3 heterocycles. The molecule has 138 valence electrons. The Morgan fingerprint density at radius 2 is 2.08 bits per heavy atom. The Hall–Kier alpha value is -1.67. The normalized spacial score (nSPS) is 27.6. The summed E-state index contributed by atoms with van der Waals surface area (Å²) in [5, 5.41) is 0. The Morgan fingerprint density at radius 3 is 2.68 bits per heavy atom. The molecule has 25 heavy (non-hydrogen) atoms. The third kappa shape index (κ3) is 3.37. The molecule has 2 saturated heterocycles. The molecule has 0 aromatic carbocycles. The Balaban J connectivity index is 1.97. The lowest BCUT2D eigenvalue weighted by Crippen LogP contribution is -2.47. The molecule has 2 fully saturated rings. The van der Waals surface area contributed by atoms with Gasteiger partial charge in [-0.3, -0.25) is 4.79 Å². The predicted molar refractivity (Wildman–Crippen MR) is 96.7 cm³/mol. The first-order valence-electron chi connectivity index (χ1n) is 8.57. The van der Waals surface area contributed by atoms with Crippen LogP contribution in [0.25, 0.3) is 0 Å². The number of fused-ring (bicyclic) bond motifs is 1. The smallest absolute Gasteiger partial charge is 0.230 e. The summed E-state index contributed by atoms with van der Waals surface area (Å²) in [6.07, 6.45) is 4.38. The monoisotopic (exact) mass is 366 g/mol. The van der Waals surface area contributed by atoms with Crippen LogP contribution in [0.1, 0.15) is 12.8 Å². The molecule has 0 N–H and O–H groups in total. The lowest BCUT2D eigenvalue weighted by molar-refractivity contribution is -0.141. The summed E-state index contributed by atoms with van der Waals surface area (Å²) in [6.45, 7) is 2.11. The number of amides is 1. The molecule has 2 aliphatic heterocycles. The van der Waals surface area contributed by atoms with Crippen molar-refractivity contribution >= 4 is 21.7 Å². The van der Waals surface area contributed by atoms with Gasteiger partial charge in [0.25, 0.3) is 0 Å². The van der Waals surface area contributed by atoms with E-state index in [4.69, 9.17) is 0 Å². The van der Waals surface area contributed by atoms with Gasteiger partial charge >= 0.3 is 0 Å². The van der Waals surface area contributed by atoms with Gasteiger partial charge in [0.2, 0.25) is 15.9 Å². The zero-order valence-electron chi connectivity index (χ0n) is 15.1. The number of anilines is 1. The number of sulfonamides is 1. The fourth-order valence-electron chi connectivity index (χ4n) is 4.21. The van der Waals surface area contributed by atoms with Gasteiger partial charge in [0.15, 0.2) is 0 Å². The molecule has 1 aromatic heterocycles. The van der Waals surface area contributed by atoms with E-state index in [1.54, 1.807) is 25.2 Å². The van der Waals surface area contributed by atoms with Gasteiger partial charge in [0.1, 0.15) is 5.82 Å². The Labute approximate surface area is 149 Å². The van der Waals surface area contributed by atoms with Crippen molar-refractivity contribution in [3.63, 3.8) is 0 Å². The Bertz CT molecular complexity index is 738. The van der Waals surface area contributed by atoms with Crippen molar-refractivity contribution in [1.82, 2.24) is 14.2 Å². The fourth-order valence-corrected chi connectivity index (χ4v) is 5.12. The molecular weight excluding hydrogens is 340 g/mol. The third-order valence-electron chi connectivity index (χ3n) is 5.42. The molecule has 0 spiro atoms. The molecular formula is C17H26N4O3S. The maximum Gasteiger partial charge on any atom is 0.230 e. The topological polar surface area (TPSA) is 73.8 Å². The third-order valence-corrected chi connectivity index (χ3v) is 6.69. The summed E-state index contributed by atoms with van der Waals surface area (Å²) in [5.74, 6) is 0.889. The van der Waals surface area contributed by atoms with E-state index in [9.17, 15) is 13.2 Å². The standard InChI is InChI=1S/C17H26N4O3S/c1-19(2)16(22)17-8-6-10-21(25(3,23)24)12-14(17)11-20(13-17)15-7-4-5-9-18-15/h4-5,7,9,14H,6,8,10-13H2,1-3H3/t14-,17-/m0/s1. The molecule has 2 aliphatic rings. The molecule has 3 rings (SSSR count). The van der Waals surface area contributed by atoms with Crippen molar-refractivity contribution in [2.75, 3.05) is 51.4 Å². The summed E-state index contributed by atoms with van der Waals surface area (Å²) < 4.78 is 25.7. The van der Waals surface area contributed by atoms with Gasteiger partial charge in [-0.25, -0.2) is 17.7 Å². The molecule has 0 unspecified atom stereocenters. The van der Waals surface area contributed by atoms with Gasteiger partial charge in [-0.1, -0.05) is 6.07 Å². The van der Waals surface area contributed by atoms with E-state index in [0.29, 0.717) is 39.0 Å². The number of carbonyl (C=O) groups is 1. The molecule has 8 heteroatoms. The summed E-state index contributed by atoms with van der Waals surface area (Å²) in [7, 11) is 0.281. The lowest BCUT2D eigenvalue weighted by atomic mass is 9.74. The zero-order valence-corrected chi connectivity index (χ0v) is 15.9. The molecule has 2 atom stereocenters. The largest absolute Gasteiger partial charge is 0.355 e. The minimum Gasteiger partial charge on any atom is -0.355 e. The van der Waals surface area contributed by atoms with Crippen molar-refractivity contribution in [3.05, 3.63) is 24.4 Å². The fraction of sp³-hybridized carbons (Fsp3) is 0.647. The summed E-state index contributed by atoms with van der Waals surface area (Å²) >= 11 is 0. The van der Waals surface area contributed by atoms with Crippen LogP contribution in [0.2, 0.25) is 0 Å². The van der Waals surface area contributed by atoms with Gasteiger partial charge in [0, 0.05) is 52.4 Å². The highest BCUT2D eigenvalue weighted by Gasteiger charge is 2.54. The predicted octanol–water partition coefficient (Wildman–Crippen LogP) is 0.648. The molecule has 0 saturated carbocycles. The quantitative estimate of drug-likeness (QED) is 0.785. The Morgan fingerprint density at radius 1 is 1.32 bits per heavy atom. The molecule has 1 aromatic rings. The van der Waals surface area contributed by atoms with Crippen molar-refractivity contribution in [1.29, 1.82) is 0 Å². The van der Waals surface area contributed by atoms with Crippen molar-refractivity contribution < 1.29 is 13.2 Å². The summed E-state index contributed by atoms with van der Waals surface area (Å²) in [4.78, 5) is 21.3. The number of rotatable bonds is 3. The molecule has 7 nitrogen and oxygen atoms in total. The van der Waals surface area contributed by atoms with E-state index in [1.807, 2.05) is 18.2 Å². The molecule has 0 aliphatic carbocycles. The average Bonchev–Trinajstić information content (AvgIpc) is 2.82. The van der Waals surface area contributed by atoms with Crippen LogP contribution >= 0.6 is 0 Å². The van der Waals surface area contributed by atoms with Gasteiger partial charge in [-0.2, -0.15) is 0 Å². The lowest BCUT2D eigenvalue weighted by Gasteiger charge is -2.34. The maximum absolute atomic E-state index is 13.1. The molecule has 1 amide bonds. The molecule has 0 radical (unpaired) electrons. The van der Waals surface area contributed by atoms with E-state index in [-0.39, 0.29) is 11.8 Å². The first-order valence-corrected chi connectivity index (χ1v) is 10.4. The number of nitrogens with zero attached hydrogens (tertiary/aromatic N) is 4. The van der Waals surface area contributed by atoms with Crippen LogP contribution in [0.5, 0.6) is 0 Å². The average molecular weight is 366 g/mol. The number of hydrogen-bond donors (Lipinski definition) is 0. The highest BCUT2D eigenvalue weighted by atomic mass is 32.2. The Kier molecular flexibility index (Phi) is 4.76. The number of carbonyl (C=O) groups excluding carboxylic acids is 1. The zero-order chi connectivity index (χ0) is 18.2. The van der Waals surface area contributed by atoms with E-state index in [0.717, 1.165) is 5.82 Å². The maximum atomic E-state index is 13.1. The molecule has 0 bridgehead atoms. The van der Waals surface area contributed by atoms with Crippen molar-refractivity contribution in [2.24, 2.45) is 11.3 Å². The SMILES string of the molecule is CN(C)C(=O)[C@]12CCCN(S(C)(=O)=O)C[C@@H]1CN(c1ccccn1)C2. The van der Waals surface area contributed by atoms with E-state index >= 15 is 0 Å². The van der Waals surface area contributed by atoms with E-state index in [2.05, 4.69) is 9.88 Å².